The van der Waals surface area contributed by atoms with Gasteiger partial charge >= 0.3 is 6.18 Å². The molecule has 4 rings (SSSR count). The molecular weight excluding hydrogens is 451 g/mol. The zero-order valence-corrected chi connectivity index (χ0v) is 18.5. The Balaban J connectivity index is 1.62. The van der Waals surface area contributed by atoms with E-state index in [1.54, 1.807) is 18.2 Å². The van der Waals surface area contributed by atoms with Crippen molar-refractivity contribution in [2.24, 2.45) is 0 Å². The number of morpholine rings is 1. The molecule has 8 nitrogen and oxygen atoms in total. The molecule has 1 N–H and O–H groups in total. The second-order valence-corrected chi connectivity index (χ2v) is 7.63. The van der Waals surface area contributed by atoms with Crippen LogP contribution in [0.1, 0.15) is 21.6 Å². The minimum atomic E-state index is -4.64. The molecule has 0 unspecified atom stereocenters. The summed E-state index contributed by atoms with van der Waals surface area (Å²) in [6, 6.07) is 8.97. The van der Waals surface area contributed by atoms with Gasteiger partial charge in [0.1, 0.15) is 11.4 Å². The van der Waals surface area contributed by atoms with Crippen LogP contribution in [0.25, 0.3) is 11.3 Å². The van der Waals surface area contributed by atoms with Gasteiger partial charge in [0, 0.05) is 36.1 Å². The Labute approximate surface area is 193 Å². The zero-order chi connectivity index (χ0) is 24.3. The highest BCUT2D eigenvalue weighted by molar-refractivity contribution is 6.04. The molecule has 1 aliphatic heterocycles. The number of nitrogens with one attached hydrogen (secondary N) is 1. The number of hydrogen-bond donors (Lipinski definition) is 1. The molecule has 0 radical (unpaired) electrons. The third-order valence-electron chi connectivity index (χ3n) is 5.37. The van der Waals surface area contributed by atoms with Gasteiger partial charge in [-0.05, 0) is 42.8 Å². The van der Waals surface area contributed by atoms with Crippen LogP contribution in [-0.2, 0) is 10.9 Å². The summed E-state index contributed by atoms with van der Waals surface area (Å²) in [6.07, 6.45) is -3.68. The van der Waals surface area contributed by atoms with E-state index in [0.29, 0.717) is 55.2 Å². The smallest absolute Gasteiger partial charge is 0.433 e. The van der Waals surface area contributed by atoms with Gasteiger partial charge in [-0.1, -0.05) is 6.07 Å². The van der Waals surface area contributed by atoms with Crippen LogP contribution in [0.2, 0.25) is 0 Å². The molecule has 3 heterocycles. The van der Waals surface area contributed by atoms with Gasteiger partial charge in [-0.3, -0.25) is 9.78 Å². The maximum Gasteiger partial charge on any atom is 0.433 e. The van der Waals surface area contributed by atoms with Crippen LogP contribution in [0.5, 0.6) is 5.88 Å². The highest BCUT2D eigenvalue weighted by Gasteiger charge is 2.33. The summed E-state index contributed by atoms with van der Waals surface area (Å²) in [4.78, 5) is 18.0. The fraction of sp³-hybridized carbons (Fsp3) is 0.304. The lowest BCUT2D eigenvalue weighted by molar-refractivity contribution is -0.141. The van der Waals surface area contributed by atoms with Crippen molar-refractivity contribution in [1.29, 1.82) is 0 Å². The number of aryl methyl sites for hydroxylation is 1. The molecule has 0 aliphatic carbocycles. The molecule has 34 heavy (non-hydrogen) atoms. The lowest BCUT2D eigenvalue weighted by Gasteiger charge is -2.29. The second-order valence-electron chi connectivity index (χ2n) is 7.63. The van der Waals surface area contributed by atoms with Crippen LogP contribution in [0.4, 0.5) is 24.5 Å². The molecule has 11 heteroatoms. The molecular formula is C23H22F3N5O3. The molecule has 0 spiro atoms. The number of rotatable bonds is 5. The number of aromatic nitrogens is 3. The van der Waals surface area contributed by atoms with E-state index in [0.717, 1.165) is 17.4 Å². The highest BCUT2D eigenvalue weighted by atomic mass is 19.4. The summed E-state index contributed by atoms with van der Waals surface area (Å²) in [6.45, 7) is 4.43. The van der Waals surface area contributed by atoms with Crippen LogP contribution in [0, 0.1) is 6.92 Å². The van der Waals surface area contributed by atoms with E-state index < -0.39 is 17.8 Å². The number of halogens is 3. The third-order valence-corrected chi connectivity index (χ3v) is 5.37. The highest BCUT2D eigenvalue weighted by Crippen LogP contribution is 2.33. The van der Waals surface area contributed by atoms with Crippen LogP contribution in [-0.4, -0.2) is 54.5 Å². The average molecular weight is 473 g/mol. The molecule has 0 bridgehead atoms. The summed E-state index contributed by atoms with van der Waals surface area (Å²) >= 11 is 0. The van der Waals surface area contributed by atoms with Crippen molar-refractivity contribution in [1.82, 2.24) is 15.2 Å². The van der Waals surface area contributed by atoms with Gasteiger partial charge < -0.3 is 19.7 Å². The predicted molar refractivity (Wildman–Crippen MR) is 119 cm³/mol. The van der Waals surface area contributed by atoms with E-state index >= 15 is 0 Å². The van der Waals surface area contributed by atoms with Crippen LogP contribution in [0.3, 0.4) is 0 Å². The average Bonchev–Trinajstić information content (AvgIpc) is 2.85. The molecule has 1 saturated heterocycles. The molecule has 1 amide bonds. The number of carbonyl (C=O) groups is 1. The van der Waals surface area contributed by atoms with E-state index in [1.807, 2.05) is 13.0 Å². The van der Waals surface area contributed by atoms with Crippen molar-refractivity contribution >= 4 is 17.3 Å². The fourth-order valence-corrected chi connectivity index (χ4v) is 3.58. The standard InChI is InChI=1S/C23H22F3N5O3/c1-14-3-4-16(28-21(32)15-5-6-27-20(11-15)23(24,25)26)12-17(14)18-13-19(22(33-2)30-29-18)31-7-9-34-10-8-31/h3-6,11-13H,7-10H2,1-2H3,(H,28,32). The second kappa shape index (κ2) is 9.64. The van der Waals surface area contributed by atoms with Gasteiger partial charge in [0.05, 0.1) is 26.0 Å². The Bertz CT molecular complexity index is 1200. The minimum Gasteiger partial charge on any atom is -0.478 e. The van der Waals surface area contributed by atoms with Crippen molar-refractivity contribution in [2.75, 3.05) is 43.6 Å². The van der Waals surface area contributed by atoms with Crippen molar-refractivity contribution in [3.63, 3.8) is 0 Å². The van der Waals surface area contributed by atoms with Crippen molar-refractivity contribution in [3.8, 4) is 17.1 Å². The number of ether oxygens (including phenoxy) is 2. The Morgan fingerprint density at radius 3 is 2.59 bits per heavy atom. The van der Waals surface area contributed by atoms with E-state index in [2.05, 4.69) is 25.4 Å². The molecule has 1 aliphatic rings. The molecule has 1 fully saturated rings. The zero-order valence-electron chi connectivity index (χ0n) is 18.5. The number of alkyl halides is 3. The van der Waals surface area contributed by atoms with Gasteiger partial charge in [0.15, 0.2) is 0 Å². The topological polar surface area (TPSA) is 89.5 Å². The van der Waals surface area contributed by atoms with Crippen LogP contribution in [0.15, 0.2) is 42.6 Å². The van der Waals surface area contributed by atoms with Gasteiger partial charge in [-0.25, -0.2) is 0 Å². The number of methoxy groups -OCH3 is 1. The number of benzene rings is 1. The number of anilines is 2. The quantitative estimate of drug-likeness (QED) is 0.600. The lowest BCUT2D eigenvalue weighted by Crippen LogP contribution is -2.36. The number of nitrogens with zero attached hydrogens (tertiary/aromatic N) is 4. The monoisotopic (exact) mass is 473 g/mol. The number of hydrogen-bond acceptors (Lipinski definition) is 7. The lowest BCUT2D eigenvalue weighted by atomic mass is 10.0. The first-order valence-electron chi connectivity index (χ1n) is 10.5. The third kappa shape index (κ3) is 5.09. The number of pyridine rings is 1. The van der Waals surface area contributed by atoms with Crippen molar-refractivity contribution in [2.45, 2.75) is 13.1 Å². The summed E-state index contributed by atoms with van der Waals surface area (Å²) < 4.78 is 49.6. The summed E-state index contributed by atoms with van der Waals surface area (Å²) in [7, 11) is 1.53. The van der Waals surface area contributed by atoms with E-state index in [4.69, 9.17) is 9.47 Å². The first-order valence-corrected chi connectivity index (χ1v) is 10.5. The molecule has 178 valence electrons. The van der Waals surface area contributed by atoms with Crippen molar-refractivity contribution < 1.29 is 27.4 Å². The van der Waals surface area contributed by atoms with Crippen molar-refractivity contribution in [3.05, 3.63) is 59.4 Å². The molecule has 0 saturated carbocycles. The first-order chi connectivity index (χ1) is 16.3. The summed E-state index contributed by atoms with van der Waals surface area (Å²) in [5, 5.41) is 11.1. The molecule has 2 aromatic heterocycles. The maximum absolute atomic E-state index is 12.9. The first kappa shape index (κ1) is 23.4. The number of amides is 1. The molecule has 3 aromatic rings. The largest absolute Gasteiger partial charge is 0.478 e. The van der Waals surface area contributed by atoms with Gasteiger partial charge in [-0.2, -0.15) is 13.2 Å². The Kier molecular flexibility index (Phi) is 6.64. The van der Waals surface area contributed by atoms with Gasteiger partial charge in [0.25, 0.3) is 11.8 Å². The Morgan fingerprint density at radius 2 is 1.88 bits per heavy atom. The summed E-state index contributed by atoms with van der Waals surface area (Å²) in [5.74, 6) is -0.288. The van der Waals surface area contributed by atoms with Crippen LogP contribution >= 0.6 is 0 Å². The Hall–Kier alpha value is -3.73. The molecule has 1 aromatic carbocycles. The Morgan fingerprint density at radius 1 is 1.12 bits per heavy atom. The fourth-order valence-electron chi connectivity index (χ4n) is 3.58. The summed E-state index contributed by atoms with van der Waals surface area (Å²) in [5.41, 5.74) is 2.07. The maximum atomic E-state index is 12.9. The predicted octanol–water partition coefficient (Wildman–Crippen LogP) is 3.96. The van der Waals surface area contributed by atoms with Crippen LogP contribution < -0.4 is 15.0 Å². The van der Waals surface area contributed by atoms with E-state index in [1.165, 1.54) is 13.2 Å². The number of carbonyl (C=O) groups excluding carboxylic acids is 1. The van der Waals surface area contributed by atoms with Gasteiger partial charge in [-0.15, -0.1) is 10.2 Å². The SMILES string of the molecule is COc1nnc(-c2cc(NC(=O)c3ccnc(C(F)(F)F)c3)ccc2C)cc1N1CCOCC1. The van der Waals surface area contributed by atoms with E-state index in [9.17, 15) is 18.0 Å². The molecule has 0 atom stereocenters. The van der Waals surface area contributed by atoms with Gasteiger partial charge in [0.2, 0.25) is 0 Å². The normalized spacial score (nSPS) is 14.1. The van der Waals surface area contributed by atoms with E-state index in [-0.39, 0.29) is 5.56 Å². The minimum absolute atomic E-state index is 0.150.